The lowest BCUT2D eigenvalue weighted by Gasteiger charge is -2.19. The second-order valence-electron chi connectivity index (χ2n) is 3.66. The van der Waals surface area contributed by atoms with E-state index < -0.39 is 16.0 Å². The third-order valence-corrected chi connectivity index (χ3v) is 4.33. The number of hydrogen-bond donors (Lipinski definition) is 1. The summed E-state index contributed by atoms with van der Waals surface area (Å²) in [5, 5.41) is 8.44. The molecule has 0 amide bonds. The molecule has 5 nitrogen and oxygen atoms in total. The monoisotopic (exact) mass is 251 g/mol. The van der Waals surface area contributed by atoms with Crippen LogP contribution < -0.4 is 0 Å². The quantitative estimate of drug-likeness (QED) is 0.670. The molecule has 1 N–H and O–H groups in total. The molecule has 0 unspecified atom stereocenters. The molecule has 0 saturated heterocycles. The van der Waals surface area contributed by atoms with Crippen LogP contribution in [-0.2, 0) is 14.8 Å². The summed E-state index contributed by atoms with van der Waals surface area (Å²) in [6.45, 7) is 4.78. The maximum Gasteiger partial charge on any atom is 0.303 e. The highest BCUT2D eigenvalue weighted by Crippen LogP contribution is 2.06. The predicted octanol–water partition coefficient (Wildman–Crippen LogP) is 1.30. The van der Waals surface area contributed by atoms with Crippen LogP contribution in [-0.4, -0.2) is 42.6 Å². The van der Waals surface area contributed by atoms with Crippen molar-refractivity contribution in [3.8, 4) is 0 Å². The highest BCUT2D eigenvalue weighted by Gasteiger charge is 2.19. The van der Waals surface area contributed by atoms with Gasteiger partial charge in [0.25, 0.3) is 0 Å². The van der Waals surface area contributed by atoms with Crippen LogP contribution in [0.1, 0.15) is 39.5 Å². The van der Waals surface area contributed by atoms with Crippen molar-refractivity contribution in [2.45, 2.75) is 39.5 Å². The van der Waals surface area contributed by atoms with E-state index in [4.69, 9.17) is 5.11 Å². The summed E-state index contributed by atoms with van der Waals surface area (Å²) >= 11 is 0. The van der Waals surface area contributed by atoms with Gasteiger partial charge in [-0.3, -0.25) is 4.79 Å². The van der Waals surface area contributed by atoms with Crippen LogP contribution in [0.15, 0.2) is 0 Å². The Labute approximate surface area is 97.5 Å². The smallest absolute Gasteiger partial charge is 0.303 e. The van der Waals surface area contributed by atoms with Crippen LogP contribution in [0, 0.1) is 0 Å². The second-order valence-corrected chi connectivity index (χ2v) is 5.75. The molecule has 0 atom stereocenters. The molecule has 16 heavy (non-hydrogen) atoms. The number of sulfonamides is 1. The lowest BCUT2D eigenvalue weighted by Crippen LogP contribution is -2.33. The number of carboxylic acids is 1. The van der Waals surface area contributed by atoms with Crippen molar-refractivity contribution in [3.05, 3.63) is 0 Å². The Hall–Kier alpha value is -0.620. The second kappa shape index (κ2) is 7.62. The summed E-state index contributed by atoms with van der Waals surface area (Å²) in [4.78, 5) is 10.3. The van der Waals surface area contributed by atoms with Gasteiger partial charge >= 0.3 is 5.97 Å². The highest BCUT2D eigenvalue weighted by atomic mass is 32.2. The first-order valence-electron chi connectivity index (χ1n) is 5.63. The number of aliphatic carboxylic acids is 1. The van der Waals surface area contributed by atoms with E-state index >= 15 is 0 Å². The average molecular weight is 251 g/mol. The van der Waals surface area contributed by atoms with Gasteiger partial charge in [0.15, 0.2) is 0 Å². The van der Waals surface area contributed by atoms with Crippen molar-refractivity contribution in [2.24, 2.45) is 0 Å². The molecule has 0 bridgehead atoms. The molecule has 0 aromatic carbocycles. The minimum atomic E-state index is -3.27. The van der Waals surface area contributed by atoms with Crippen molar-refractivity contribution in [1.82, 2.24) is 4.31 Å². The highest BCUT2D eigenvalue weighted by molar-refractivity contribution is 7.89. The first-order valence-corrected chi connectivity index (χ1v) is 7.24. The van der Waals surface area contributed by atoms with Crippen LogP contribution in [0.4, 0.5) is 0 Å². The van der Waals surface area contributed by atoms with Crippen LogP contribution in [0.3, 0.4) is 0 Å². The minimum Gasteiger partial charge on any atom is -0.481 e. The van der Waals surface area contributed by atoms with E-state index in [-0.39, 0.29) is 18.6 Å². The van der Waals surface area contributed by atoms with Gasteiger partial charge in [-0.2, -0.15) is 0 Å². The van der Waals surface area contributed by atoms with E-state index in [0.29, 0.717) is 13.1 Å². The Morgan fingerprint density at radius 2 is 1.88 bits per heavy atom. The van der Waals surface area contributed by atoms with Crippen molar-refractivity contribution >= 4 is 16.0 Å². The molecule has 0 aromatic rings. The third kappa shape index (κ3) is 6.07. The molecule has 6 heteroatoms. The van der Waals surface area contributed by atoms with Gasteiger partial charge in [0.05, 0.1) is 5.75 Å². The van der Waals surface area contributed by atoms with E-state index in [0.717, 1.165) is 12.8 Å². The average Bonchev–Trinajstić information content (AvgIpc) is 2.17. The molecule has 0 spiro atoms. The van der Waals surface area contributed by atoms with Gasteiger partial charge in [0.1, 0.15) is 0 Å². The topological polar surface area (TPSA) is 74.7 Å². The molecule has 96 valence electrons. The SMILES string of the molecule is CCCCN(CC)S(=O)(=O)CCCC(=O)O. The number of carbonyl (C=O) groups is 1. The summed E-state index contributed by atoms with van der Waals surface area (Å²) in [7, 11) is -3.27. The molecule has 0 radical (unpaired) electrons. The Kier molecular flexibility index (Phi) is 7.33. The van der Waals surface area contributed by atoms with Gasteiger partial charge in [-0.1, -0.05) is 20.3 Å². The number of hydrogen-bond acceptors (Lipinski definition) is 3. The van der Waals surface area contributed by atoms with Crippen LogP contribution in [0.25, 0.3) is 0 Å². The summed E-state index contributed by atoms with van der Waals surface area (Å²) < 4.78 is 25.0. The molecule has 0 fully saturated rings. The molecule has 0 aliphatic carbocycles. The summed E-state index contributed by atoms with van der Waals surface area (Å²) in [6.07, 6.45) is 1.87. The maximum absolute atomic E-state index is 11.8. The fourth-order valence-corrected chi connectivity index (χ4v) is 2.93. The van der Waals surface area contributed by atoms with E-state index in [9.17, 15) is 13.2 Å². The molecule has 0 saturated carbocycles. The minimum absolute atomic E-state index is 0.0726. The molecule has 0 heterocycles. The third-order valence-electron chi connectivity index (χ3n) is 2.30. The molecular weight excluding hydrogens is 230 g/mol. The zero-order valence-electron chi connectivity index (χ0n) is 9.98. The van der Waals surface area contributed by atoms with E-state index in [2.05, 4.69) is 0 Å². The van der Waals surface area contributed by atoms with Gasteiger partial charge in [-0.25, -0.2) is 12.7 Å². The first kappa shape index (κ1) is 15.4. The largest absolute Gasteiger partial charge is 0.481 e. The van der Waals surface area contributed by atoms with Gasteiger partial charge in [-0.15, -0.1) is 0 Å². The fraction of sp³-hybridized carbons (Fsp3) is 0.900. The lowest BCUT2D eigenvalue weighted by atomic mass is 10.3. The summed E-state index contributed by atoms with van der Waals surface area (Å²) in [6, 6.07) is 0. The number of rotatable bonds is 9. The van der Waals surface area contributed by atoms with E-state index in [1.54, 1.807) is 6.92 Å². The normalized spacial score (nSPS) is 11.9. The predicted molar refractivity (Wildman–Crippen MR) is 62.8 cm³/mol. The van der Waals surface area contributed by atoms with Crippen LogP contribution in [0.5, 0.6) is 0 Å². The van der Waals surface area contributed by atoms with Gasteiger partial charge in [0, 0.05) is 19.5 Å². The van der Waals surface area contributed by atoms with Crippen LogP contribution in [0.2, 0.25) is 0 Å². The standard InChI is InChI=1S/C10H21NO4S/c1-3-5-8-11(4-2)16(14,15)9-6-7-10(12)13/h3-9H2,1-2H3,(H,12,13). The van der Waals surface area contributed by atoms with Crippen LogP contribution >= 0.6 is 0 Å². The zero-order chi connectivity index (χ0) is 12.6. The molecule has 0 aliphatic rings. The van der Waals surface area contributed by atoms with Crippen molar-refractivity contribution < 1.29 is 18.3 Å². The number of unbranched alkanes of at least 4 members (excludes halogenated alkanes) is 1. The van der Waals surface area contributed by atoms with Gasteiger partial charge in [0.2, 0.25) is 10.0 Å². The van der Waals surface area contributed by atoms with E-state index in [1.165, 1.54) is 4.31 Å². The lowest BCUT2D eigenvalue weighted by molar-refractivity contribution is -0.137. The molecule has 0 rings (SSSR count). The van der Waals surface area contributed by atoms with Crippen molar-refractivity contribution in [1.29, 1.82) is 0 Å². The molecule has 0 aromatic heterocycles. The zero-order valence-corrected chi connectivity index (χ0v) is 10.8. The summed E-state index contributed by atoms with van der Waals surface area (Å²) in [5.41, 5.74) is 0. The maximum atomic E-state index is 11.8. The Balaban J connectivity index is 4.20. The molecular formula is C10H21NO4S. The number of carboxylic acid groups (broad SMARTS) is 1. The number of nitrogens with zero attached hydrogens (tertiary/aromatic N) is 1. The fourth-order valence-electron chi connectivity index (χ4n) is 1.36. The van der Waals surface area contributed by atoms with E-state index in [1.807, 2.05) is 6.92 Å². The Morgan fingerprint density at radius 1 is 1.25 bits per heavy atom. The molecule has 0 aliphatic heterocycles. The van der Waals surface area contributed by atoms with Crippen molar-refractivity contribution in [3.63, 3.8) is 0 Å². The summed E-state index contributed by atoms with van der Waals surface area (Å²) in [5.74, 6) is -1.02. The van der Waals surface area contributed by atoms with Gasteiger partial charge in [-0.05, 0) is 12.8 Å². The first-order chi connectivity index (χ1) is 7.44. The van der Waals surface area contributed by atoms with Crippen molar-refractivity contribution in [2.75, 3.05) is 18.8 Å². The Morgan fingerprint density at radius 3 is 2.31 bits per heavy atom. The Bertz CT molecular complexity index is 300. The van der Waals surface area contributed by atoms with Gasteiger partial charge < -0.3 is 5.11 Å².